The zero-order chi connectivity index (χ0) is 21.8. The average Bonchev–Trinajstić information content (AvgIpc) is 2.76. The number of aliphatic hydroxyl groups is 3. The molecule has 4 atom stereocenters. The third-order valence-corrected chi connectivity index (χ3v) is 7.33. The minimum atomic E-state index is -1.19. The van der Waals surface area contributed by atoms with Crippen molar-refractivity contribution in [3.63, 3.8) is 0 Å². The van der Waals surface area contributed by atoms with E-state index in [0.717, 1.165) is 42.6 Å². The van der Waals surface area contributed by atoms with Gasteiger partial charge in [-0.1, -0.05) is 44.9 Å². The minimum absolute atomic E-state index is 0.0147. The third-order valence-electron chi connectivity index (χ3n) is 7.33. The summed E-state index contributed by atoms with van der Waals surface area (Å²) in [5.74, 6) is 1.08. The summed E-state index contributed by atoms with van der Waals surface area (Å²) in [4.78, 5) is 0. The lowest BCUT2D eigenvalue weighted by Crippen LogP contribution is -2.58. The van der Waals surface area contributed by atoms with E-state index < -0.39 is 17.1 Å². The molecule has 5 heteroatoms. The number of hydrogen-bond donors (Lipinski definition) is 3. The quantitative estimate of drug-likeness (QED) is 0.559. The summed E-state index contributed by atoms with van der Waals surface area (Å²) >= 11 is 0. The van der Waals surface area contributed by atoms with Gasteiger partial charge in [-0.3, -0.25) is 0 Å². The maximum absolute atomic E-state index is 11.6. The Morgan fingerprint density at radius 2 is 1.83 bits per heavy atom. The van der Waals surface area contributed by atoms with E-state index in [2.05, 4.69) is 0 Å². The van der Waals surface area contributed by atoms with Gasteiger partial charge in [0.05, 0.1) is 38.6 Å². The lowest BCUT2D eigenvalue weighted by atomic mass is 9.60. The molecular formula is C25H38O5. The van der Waals surface area contributed by atoms with Crippen LogP contribution in [0.3, 0.4) is 0 Å². The summed E-state index contributed by atoms with van der Waals surface area (Å²) < 4.78 is 11.2. The van der Waals surface area contributed by atoms with Crippen molar-refractivity contribution >= 4 is 0 Å². The molecule has 0 saturated heterocycles. The van der Waals surface area contributed by atoms with Crippen molar-refractivity contribution in [3.8, 4) is 5.75 Å². The van der Waals surface area contributed by atoms with Crippen LogP contribution in [0.25, 0.3) is 0 Å². The molecule has 2 aliphatic carbocycles. The zero-order valence-corrected chi connectivity index (χ0v) is 18.6. The van der Waals surface area contributed by atoms with Crippen LogP contribution in [0.5, 0.6) is 5.75 Å². The van der Waals surface area contributed by atoms with E-state index in [4.69, 9.17) is 9.47 Å². The van der Waals surface area contributed by atoms with Gasteiger partial charge in [0, 0.05) is 5.41 Å². The van der Waals surface area contributed by atoms with E-state index in [1.165, 1.54) is 0 Å². The number of benzene rings is 1. The van der Waals surface area contributed by atoms with Gasteiger partial charge in [-0.05, 0) is 60.8 Å². The molecule has 1 aromatic rings. The first-order chi connectivity index (χ1) is 14.3. The van der Waals surface area contributed by atoms with Gasteiger partial charge in [-0.25, -0.2) is 0 Å². The second-order valence-electron chi connectivity index (χ2n) is 9.62. The van der Waals surface area contributed by atoms with Crippen LogP contribution in [0.1, 0.15) is 57.9 Å². The summed E-state index contributed by atoms with van der Waals surface area (Å²) in [7, 11) is 1.65. The number of aliphatic hydroxyl groups excluding tert-OH is 2. The molecule has 1 unspecified atom stereocenters. The van der Waals surface area contributed by atoms with Gasteiger partial charge in [0.15, 0.2) is 0 Å². The molecular weight excluding hydrogens is 380 g/mol. The van der Waals surface area contributed by atoms with Crippen LogP contribution in [0, 0.1) is 17.3 Å². The normalized spacial score (nSPS) is 29.9. The van der Waals surface area contributed by atoms with Gasteiger partial charge in [0.25, 0.3) is 0 Å². The van der Waals surface area contributed by atoms with Crippen LogP contribution in [0.4, 0.5) is 0 Å². The molecule has 0 bridgehead atoms. The van der Waals surface area contributed by atoms with Crippen LogP contribution < -0.4 is 4.74 Å². The zero-order valence-electron chi connectivity index (χ0n) is 18.6. The topological polar surface area (TPSA) is 79.2 Å². The molecule has 168 valence electrons. The molecule has 5 nitrogen and oxygen atoms in total. The fourth-order valence-electron chi connectivity index (χ4n) is 5.30. The molecule has 0 aliphatic heterocycles. The highest BCUT2D eigenvalue weighted by atomic mass is 16.5. The average molecular weight is 419 g/mol. The van der Waals surface area contributed by atoms with E-state index in [-0.39, 0.29) is 18.4 Å². The molecule has 1 aromatic carbocycles. The standard InChI is InChI=1S/C25H38O5/c1-24(2)14-19(15-26)12-13-25(24,28)23(27)22-7-5-4-6-20(22)17-30-16-18-8-10-21(29-3)11-9-18/h8-11,14,20,22-23,26-28H,4-7,12-13,15-17H2,1-3H3/t20-,22+,23?,25+/m0/s1. The Morgan fingerprint density at radius 1 is 1.13 bits per heavy atom. The molecule has 30 heavy (non-hydrogen) atoms. The maximum Gasteiger partial charge on any atom is 0.118 e. The fraction of sp³-hybridized carbons (Fsp3) is 0.680. The first-order valence-electron chi connectivity index (χ1n) is 11.2. The largest absolute Gasteiger partial charge is 0.497 e. The van der Waals surface area contributed by atoms with Gasteiger partial charge >= 0.3 is 0 Å². The number of methoxy groups -OCH3 is 1. The second-order valence-corrected chi connectivity index (χ2v) is 9.62. The van der Waals surface area contributed by atoms with Crippen LogP contribution in [-0.2, 0) is 11.3 Å². The van der Waals surface area contributed by atoms with Crippen molar-refractivity contribution in [1.82, 2.24) is 0 Å². The van der Waals surface area contributed by atoms with Crippen LogP contribution in [-0.4, -0.2) is 47.3 Å². The van der Waals surface area contributed by atoms with Gasteiger partial charge in [-0.2, -0.15) is 0 Å². The number of ether oxygens (including phenoxy) is 2. The Labute approximate surface area is 180 Å². The van der Waals surface area contributed by atoms with E-state index in [1.807, 2.05) is 44.2 Å². The molecule has 0 heterocycles. The van der Waals surface area contributed by atoms with Gasteiger partial charge in [0.1, 0.15) is 5.75 Å². The van der Waals surface area contributed by atoms with Crippen molar-refractivity contribution in [3.05, 3.63) is 41.5 Å². The Hall–Kier alpha value is -1.40. The predicted molar refractivity (Wildman–Crippen MR) is 117 cm³/mol. The SMILES string of the molecule is COc1ccc(COC[C@@H]2CCCC[C@H]2C(O)[C@]2(O)CCC(CO)=CC2(C)C)cc1. The Bertz CT molecular complexity index is 711. The smallest absolute Gasteiger partial charge is 0.118 e. The summed E-state index contributed by atoms with van der Waals surface area (Å²) in [5.41, 5.74) is 0.258. The highest BCUT2D eigenvalue weighted by Gasteiger charge is 2.53. The van der Waals surface area contributed by atoms with Crippen molar-refractivity contribution in [1.29, 1.82) is 0 Å². The van der Waals surface area contributed by atoms with E-state index in [1.54, 1.807) is 7.11 Å². The second kappa shape index (κ2) is 9.82. The van der Waals surface area contributed by atoms with Crippen LogP contribution in [0.15, 0.2) is 35.9 Å². The first-order valence-corrected chi connectivity index (χ1v) is 11.2. The van der Waals surface area contributed by atoms with Crippen LogP contribution in [0.2, 0.25) is 0 Å². The van der Waals surface area contributed by atoms with Crippen molar-refractivity contribution in [2.45, 2.75) is 70.7 Å². The Balaban J connectivity index is 1.65. The molecule has 0 radical (unpaired) electrons. The molecule has 3 N–H and O–H groups in total. The monoisotopic (exact) mass is 418 g/mol. The molecule has 3 rings (SSSR count). The van der Waals surface area contributed by atoms with Crippen molar-refractivity contribution in [2.24, 2.45) is 17.3 Å². The molecule has 0 amide bonds. The molecule has 1 fully saturated rings. The van der Waals surface area contributed by atoms with E-state index in [9.17, 15) is 15.3 Å². The number of rotatable bonds is 8. The summed E-state index contributed by atoms with van der Waals surface area (Å²) in [6, 6.07) is 7.87. The molecule has 0 aromatic heterocycles. The Kier molecular flexibility index (Phi) is 7.61. The first kappa shape index (κ1) is 23.3. The lowest BCUT2D eigenvalue weighted by molar-refractivity contribution is -0.174. The van der Waals surface area contributed by atoms with E-state index >= 15 is 0 Å². The summed E-state index contributed by atoms with van der Waals surface area (Å²) in [6.45, 7) is 5.05. The maximum atomic E-state index is 11.6. The molecule has 0 spiro atoms. The highest BCUT2D eigenvalue weighted by molar-refractivity contribution is 5.26. The third kappa shape index (κ3) is 4.91. The van der Waals surface area contributed by atoms with E-state index in [0.29, 0.717) is 26.1 Å². The summed E-state index contributed by atoms with van der Waals surface area (Å²) in [5, 5.41) is 32.5. The van der Waals surface area contributed by atoms with Gasteiger partial charge < -0.3 is 24.8 Å². The predicted octanol–water partition coefficient (Wildman–Crippen LogP) is 3.85. The number of hydrogen-bond acceptors (Lipinski definition) is 5. The molecule has 2 aliphatic rings. The van der Waals surface area contributed by atoms with Crippen LogP contribution >= 0.6 is 0 Å². The molecule has 1 saturated carbocycles. The lowest BCUT2D eigenvalue weighted by Gasteiger charge is -2.51. The van der Waals surface area contributed by atoms with Gasteiger partial charge in [-0.15, -0.1) is 0 Å². The van der Waals surface area contributed by atoms with Gasteiger partial charge in [0.2, 0.25) is 0 Å². The van der Waals surface area contributed by atoms with Crippen molar-refractivity contribution < 1.29 is 24.8 Å². The fourth-order valence-corrected chi connectivity index (χ4v) is 5.30. The minimum Gasteiger partial charge on any atom is -0.497 e. The highest BCUT2D eigenvalue weighted by Crippen LogP contribution is 2.48. The van der Waals surface area contributed by atoms with Crippen molar-refractivity contribution in [2.75, 3.05) is 20.3 Å². The summed E-state index contributed by atoms with van der Waals surface area (Å²) in [6.07, 6.45) is 6.38. The Morgan fingerprint density at radius 3 is 2.47 bits per heavy atom.